The van der Waals surface area contributed by atoms with Gasteiger partial charge in [-0.1, -0.05) is 30.3 Å². The summed E-state index contributed by atoms with van der Waals surface area (Å²) in [7, 11) is 0. The van der Waals surface area contributed by atoms with Gasteiger partial charge in [-0.05, 0) is 78.6 Å². The quantitative estimate of drug-likeness (QED) is 0.458. The summed E-state index contributed by atoms with van der Waals surface area (Å²) in [4.78, 5) is 38.8. The molecule has 0 aromatic heterocycles. The van der Waals surface area contributed by atoms with Gasteiger partial charge in [-0.25, -0.2) is 14.1 Å². The van der Waals surface area contributed by atoms with E-state index in [9.17, 15) is 18.8 Å². The highest BCUT2D eigenvalue weighted by Crippen LogP contribution is 2.25. The van der Waals surface area contributed by atoms with Crippen LogP contribution >= 0.6 is 0 Å². The Morgan fingerprint density at radius 3 is 2.30 bits per heavy atom. The number of benzene rings is 3. The number of aryl methyl sites for hydroxylation is 2. The van der Waals surface area contributed by atoms with Gasteiger partial charge in [0.15, 0.2) is 0 Å². The first-order valence-corrected chi connectivity index (χ1v) is 10.3. The topological polar surface area (TPSA) is 75.7 Å². The molecule has 0 unspecified atom stereocenters. The molecule has 1 saturated heterocycles. The van der Waals surface area contributed by atoms with E-state index in [0.717, 1.165) is 16.0 Å². The van der Waals surface area contributed by atoms with Crippen molar-refractivity contribution in [1.82, 2.24) is 5.32 Å². The summed E-state index contributed by atoms with van der Waals surface area (Å²) in [6.45, 7) is 3.93. The molecule has 0 spiro atoms. The molecule has 4 amide bonds. The Kier molecular flexibility index (Phi) is 6.04. The third-order valence-electron chi connectivity index (χ3n) is 5.05. The van der Waals surface area contributed by atoms with Crippen molar-refractivity contribution in [2.24, 2.45) is 0 Å². The minimum atomic E-state index is -0.784. The van der Waals surface area contributed by atoms with Crippen molar-refractivity contribution in [1.29, 1.82) is 0 Å². The number of anilines is 1. The zero-order chi connectivity index (χ0) is 23.5. The standard InChI is InChI=1S/C26H21FN2O4/c1-16-10-17(2)12-21(11-16)29-25(31)23(24(30)28-26(29)32)14-18-6-8-22(9-7-18)33-15-19-4-3-5-20(27)13-19/h3-14H,15H2,1-2H3,(H,28,30,32)/b23-14+. The third kappa shape index (κ3) is 4.98. The molecule has 33 heavy (non-hydrogen) atoms. The van der Waals surface area contributed by atoms with Crippen molar-refractivity contribution in [3.8, 4) is 5.75 Å². The highest BCUT2D eigenvalue weighted by molar-refractivity contribution is 6.39. The number of carbonyl (C=O) groups is 3. The van der Waals surface area contributed by atoms with Crippen molar-refractivity contribution in [2.75, 3.05) is 4.90 Å². The fourth-order valence-electron chi connectivity index (χ4n) is 3.59. The molecule has 7 heteroatoms. The van der Waals surface area contributed by atoms with Gasteiger partial charge < -0.3 is 4.74 Å². The second kappa shape index (κ2) is 9.08. The highest BCUT2D eigenvalue weighted by atomic mass is 19.1. The fraction of sp³-hybridized carbons (Fsp3) is 0.115. The first-order chi connectivity index (χ1) is 15.8. The lowest BCUT2D eigenvalue weighted by Crippen LogP contribution is -2.54. The van der Waals surface area contributed by atoms with E-state index in [2.05, 4.69) is 5.32 Å². The number of amides is 4. The van der Waals surface area contributed by atoms with E-state index in [1.54, 1.807) is 48.5 Å². The smallest absolute Gasteiger partial charge is 0.335 e. The van der Waals surface area contributed by atoms with Crippen LogP contribution in [0.25, 0.3) is 6.08 Å². The van der Waals surface area contributed by atoms with Crippen LogP contribution in [0.15, 0.2) is 72.3 Å². The van der Waals surface area contributed by atoms with Crippen molar-refractivity contribution in [2.45, 2.75) is 20.5 Å². The average Bonchev–Trinajstić information content (AvgIpc) is 2.75. The number of barbiturate groups is 1. The SMILES string of the molecule is Cc1cc(C)cc(N2C(=O)NC(=O)/C(=C\c3ccc(OCc4cccc(F)c4)cc3)C2=O)c1. The first-order valence-electron chi connectivity index (χ1n) is 10.3. The Morgan fingerprint density at radius 1 is 0.939 bits per heavy atom. The maximum atomic E-state index is 13.3. The van der Waals surface area contributed by atoms with Crippen LogP contribution in [-0.4, -0.2) is 17.8 Å². The monoisotopic (exact) mass is 444 g/mol. The van der Waals surface area contributed by atoms with Crippen molar-refractivity contribution >= 4 is 29.6 Å². The van der Waals surface area contributed by atoms with Gasteiger partial charge in [0, 0.05) is 0 Å². The van der Waals surface area contributed by atoms with Gasteiger partial charge in [0.05, 0.1) is 5.69 Å². The molecule has 1 aliphatic rings. The molecule has 166 valence electrons. The van der Waals surface area contributed by atoms with E-state index < -0.39 is 17.8 Å². The molecule has 1 heterocycles. The second-order valence-corrected chi connectivity index (χ2v) is 7.79. The molecule has 1 aliphatic heterocycles. The normalized spacial score (nSPS) is 15.1. The molecule has 0 aliphatic carbocycles. The number of hydrogen-bond donors (Lipinski definition) is 1. The van der Waals surface area contributed by atoms with Crippen LogP contribution in [0.3, 0.4) is 0 Å². The molecule has 0 saturated carbocycles. The number of imide groups is 2. The summed E-state index contributed by atoms with van der Waals surface area (Å²) in [5, 5.41) is 2.23. The number of urea groups is 1. The molecule has 0 radical (unpaired) electrons. The van der Waals surface area contributed by atoms with Crippen molar-refractivity contribution in [3.63, 3.8) is 0 Å². The number of rotatable bonds is 5. The number of carbonyl (C=O) groups excluding carboxylic acids is 3. The van der Waals surface area contributed by atoms with E-state index in [1.807, 2.05) is 19.9 Å². The number of ether oxygens (including phenoxy) is 1. The lowest BCUT2D eigenvalue weighted by Gasteiger charge is -2.27. The van der Waals surface area contributed by atoms with Crippen LogP contribution in [0.5, 0.6) is 5.75 Å². The zero-order valence-corrected chi connectivity index (χ0v) is 18.1. The van der Waals surface area contributed by atoms with Crippen LogP contribution in [0.1, 0.15) is 22.3 Å². The Balaban J connectivity index is 1.53. The molecule has 3 aromatic rings. The van der Waals surface area contributed by atoms with Crippen LogP contribution in [0.2, 0.25) is 0 Å². The number of nitrogens with one attached hydrogen (secondary N) is 1. The van der Waals surface area contributed by atoms with Crippen LogP contribution < -0.4 is 15.0 Å². The minimum Gasteiger partial charge on any atom is -0.489 e. The highest BCUT2D eigenvalue weighted by Gasteiger charge is 2.36. The fourth-order valence-corrected chi connectivity index (χ4v) is 3.59. The summed E-state index contributed by atoms with van der Waals surface area (Å²) < 4.78 is 18.9. The van der Waals surface area contributed by atoms with E-state index in [-0.39, 0.29) is 18.0 Å². The summed E-state index contributed by atoms with van der Waals surface area (Å²) >= 11 is 0. The van der Waals surface area contributed by atoms with E-state index >= 15 is 0 Å². The Labute approximate surface area is 190 Å². The Bertz CT molecular complexity index is 1260. The maximum Gasteiger partial charge on any atom is 0.335 e. The Morgan fingerprint density at radius 2 is 1.64 bits per heavy atom. The van der Waals surface area contributed by atoms with Crippen molar-refractivity contribution < 1.29 is 23.5 Å². The molecule has 3 aromatic carbocycles. The molecular formula is C26H21FN2O4. The number of halogens is 1. The third-order valence-corrected chi connectivity index (χ3v) is 5.05. The summed E-state index contributed by atoms with van der Waals surface area (Å²) in [5.41, 5.74) is 3.31. The maximum absolute atomic E-state index is 13.3. The van der Waals surface area contributed by atoms with Crippen LogP contribution in [-0.2, 0) is 16.2 Å². The molecule has 0 bridgehead atoms. The predicted octanol–water partition coefficient (Wildman–Crippen LogP) is 4.69. The van der Waals surface area contributed by atoms with Gasteiger partial charge in [-0.3, -0.25) is 14.9 Å². The first kappa shape index (κ1) is 22.0. The zero-order valence-electron chi connectivity index (χ0n) is 18.1. The van der Waals surface area contributed by atoms with Gasteiger partial charge in [0.2, 0.25) is 0 Å². The summed E-state index contributed by atoms with van der Waals surface area (Å²) in [6.07, 6.45) is 1.43. The largest absolute Gasteiger partial charge is 0.489 e. The molecule has 4 rings (SSSR count). The minimum absolute atomic E-state index is 0.151. The predicted molar refractivity (Wildman–Crippen MR) is 122 cm³/mol. The summed E-state index contributed by atoms with van der Waals surface area (Å²) in [5.74, 6) is -1.23. The molecule has 6 nitrogen and oxygen atoms in total. The lowest BCUT2D eigenvalue weighted by atomic mass is 10.1. The lowest BCUT2D eigenvalue weighted by molar-refractivity contribution is -0.122. The van der Waals surface area contributed by atoms with Crippen LogP contribution in [0, 0.1) is 19.7 Å². The van der Waals surface area contributed by atoms with Gasteiger partial charge in [-0.15, -0.1) is 0 Å². The van der Waals surface area contributed by atoms with Gasteiger partial charge in [-0.2, -0.15) is 0 Å². The molecule has 1 fully saturated rings. The van der Waals surface area contributed by atoms with E-state index in [0.29, 0.717) is 22.6 Å². The van der Waals surface area contributed by atoms with Gasteiger partial charge >= 0.3 is 6.03 Å². The summed E-state index contributed by atoms with van der Waals surface area (Å²) in [6, 6.07) is 17.4. The van der Waals surface area contributed by atoms with E-state index in [4.69, 9.17) is 4.74 Å². The Hall–Kier alpha value is -4.26. The molecular weight excluding hydrogens is 423 g/mol. The molecule has 0 atom stereocenters. The number of nitrogens with zero attached hydrogens (tertiary/aromatic N) is 1. The van der Waals surface area contributed by atoms with E-state index in [1.165, 1.54) is 18.2 Å². The molecule has 1 N–H and O–H groups in total. The second-order valence-electron chi connectivity index (χ2n) is 7.79. The average molecular weight is 444 g/mol. The van der Waals surface area contributed by atoms with Crippen LogP contribution in [0.4, 0.5) is 14.9 Å². The van der Waals surface area contributed by atoms with Gasteiger partial charge in [0.25, 0.3) is 11.8 Å². The van der Waals surface area contributed by atoms with Gasteiger partial charge in [0.1, 0.15) is 23.7 Å². The van der Waals surface area contributed by atoms with Crippen molar-refractivity contribution in [3.05, 3.63) is 100 Å². The number of hydrogen-bond acceptors (Lipinski definition) is 4.